The number of allylic oxidation sites excluding steroid dienone is 1. The molecule has 29 heavy (non-hydrogen) atoms. The van der Waals surface area contributed by atoms with Gasteiger partial charge in [0, 0.05) is 6.42 Å². The molecule has 0 aliphatic heterocycles. The van der Waals surface area contributed by atoms with Crippen molar-refractivity contribution in [3.05, 3.63) is 53.0 Å². The van der Waals surface area contributed by atoms with E-state index in [0.717, 1.165) is 20.8 Å². The molecule has 1 heterocycles. The average Bonchev–Trinajstić information content (AvgIpc) is 3.11. The maximum absolute atomic E-state index is 12.7. The standard InChI is InChI=1S/C21H19F2NO4S/c1-27-16-10-9-13(12-17(16)28-21(22)23)11-14(5-4-8-19(25)26)20-24-15-6-2-3-7-18(15)29-20/h2-3,6-7,9-12,21H,4-5,8H2,1H3,(H,25,26)/b14-11-. The summed E-state index contributed by atoms with van der Waals surface area (Å²) in [5.74, 6) is -0.731. The summed E-state index contributed by atoms with van der Waals surface area (Å²) in [4.78, 5) is 15.5. The summed E-state index contributed by atoms with van der Waals surface area (Å²) >= 11 is 1.50. The zero-order chi connectivity index (χ0) is 20.8. The Kier molecular flexibility index (Phi) is 6.77. The number of carbonyl (C=O) groups is 1. The first kappa shape index (κ1) is 20.7. The number of rotatable bonds is 9. The van der Waals surface area contributed by atoms with Gasteiger partial charge in [-0.1, -0.05) is 18.2 Å². The van der Waals surface area contributed by atoms with Crippen LogP contribution >= 0.6 is 11.3 Å². The Balaban J connectivity index is 1.98. The second-order valence-electron chi connectivity index (χ2n) is 6.19. The van der Waals surface area contributed by atoms with E-state index >= 15 is 0 Å². The van der Waals surface area contributed by atoms with Gasteiger partial charge < -0.3 is 14.6 Å². The Morgan fingerprint density at radius 2 is 2.00 bits per heavy atom. The monoisotopic (exact) mass is 419 g/mol. The van der Waals surface area contributed by atoms with Gasteiger partial charge in [-0.05, 0) is 54.3 Å². The number of thiazole rings is 1. The number of hydrogen-bond acceptors (Lipinski definition) is 5. The molecule has 1 aromatic heterocycles. The highest BCUT2D eigenvalue weighted by Gasteiger charge is 2.13. The first-order valence-corrected chi connectivity index (χ1v) is 9.69. The van der Waals surface area contributed by atoms with Crippen LogP contribution in [0, 0.1) is 0 Å². The highest BCUT2D eigenvalue weighted by atomic mass is 32.1. The molecule has 1 N–H and O–H groups in total. The molecular weight excluding hydrogens is 400 g/mol. The molecule has 0 radical (unpaired) electrons. The van der Waals surface area contributed by atoms with Gasteiger partial charge in [0.1, 0.15) is 5.01 Å². The van der Waals surface area contributed by atoms with Gasteiger partial charge in [0.2, 0.25) is 0 Å². The zero-order valence-electron chi connectivity index (χ0n) is 15.6. The average molecular weight is 419 g/mol. The molecule has 152 valence electrons. The first-order chi connectivity index (χ1) is 14.0. The SMILES string of the molecule is COc1ccc(/C=C(/CCCC(=O)O)c2nc3ccccc3s2)cc1OC(F)F. The van der Waals surface area contributed by atoms with Gasteiger partial charge in [-0.25, -0.2) is 4.98 Å². The highest BCUT2D eigenvalue weighted by molar-refractivity contribution is 7.19. The number of ether oxygens (including phenoxy) is 2. The van der Waals surface area contributed by atoms with Crippen molar-refractivity contribution in [1.29, 1.82) is 0 Å². The van der Waals surface area contributed by atoms with E-state index in [0.29, 0.717) is 18.4 Å². The molecule has 3 rings (SSSR count). The molecule has 0 saturated heterocycles. The molecule has 0 amide bonds. The first-order valence-electron chi connectivity index (χ1n) is 8.87. The van der Waals surface area contributed by atoms with Crippen molar-refractivity contribution in [2.45, 2.75) is 25.9 Å². The van der Waals surface area contributed by atoms with Crippen molar-refractivity contribution in [3.63, 3.8) is 0 Å². The fourth-order valence-corrected chi connectivity index (χ4v) is 3.86. The van der Waals surface area contributed by atoms with Gasteiger partial charge in [-0.15, -0.1) is 11.3 Å². The lowest BCUT2D eigenvalue weighted by Gasteiger charge is -2.11. The van der Waals surface area contributed by atoms with Crippen LogP contribution in [0.15, 0.2) is 42.5 Å². The molecule has 5 nitrogen and oxygen atoms in total. The smallest absolute Gasteiger partial charge is 0.387 e. The van der Waals surface area contributed by atoms with Crippen molar-refractivity contribution in [3.8, 4) is 11.5 Å². The Hall–Kier alpha value is -3.00. The third-order valence-corrected chi connectivity index (χ3v) is 5.26. The predicted molar refractivity (Wildman–Crippen MR) is 109 cm³/mol. The number of carboxylic acids is 1. The van der Waals surface area contributed by atoms with Crippen LogP contribution in [0.25, 0.3) is 21.9 Å². The topological polar surface area (TPSA) is 68.7 Å². The molecule has 0 bridgehead atoms. The van der Waals surface area contributed by atoms with Crippen LogP contribution in [0.1, 0.15) is 29.8 Å². The summed E-state index contributed by atoms with van der Waals surface area (Å²) in [7, 11) is 1.38. The molecule has 0 spiro atoms. The van der Waals surface area contributed by atoms with Crippen LogP contribution in [0.3, 0.4) is 0 Å². The number of methoxy groups -OCH3 is 1. The fraction of sp³-hybridized carbons (Fsp3) is 0.238. The summed E-state index contributed by atoms with van der Waals surface area (Å²) in [6, 6.07) is 12.4. The number of aromatic nitrogens is 1. The van der Waals surface area contributed by atoms with Gasteiger partial charge in [0.15, 0.2) is 11.5 Å². The van der Waals surface area contributed by atoms with Crippen molar-refractivity contribution in [2.75, 3.05) is 7.11 Å². The molecule has 0 fully saturated rings. The lowest BCUT2D eigenvalue weighted by Crippen LogP contribution is -2.03. The fourth-order valence-electron chi connectivity index (χ4n) is 2.85. The van der Waals surface area contributed by atoms with E-state index < -0.39 is 12.6 Å². The summed E-state index contributed by atoms with van der Waals surface area (Å²) in [6.07, 6.45) is 2.78. The summed E-state index contributed by atoms with van der Waals surface area (Å²) in [6.45, 7) is -2.97. The van der Waals surface area contributed by atoms with Crippen LogP contribution in [0.2, 0.25) is 0 Å². The lowest BCUT2D eigenvalue weighted by atomic mass is 10.0. The molecule has 8 heteroatoms. The second-order valence-corrected chi connectivity index (χ2v) is 7.22. The molecule has 0 saturated carbocycles. The molecule has 0 unspecified atom stereocenters. The van der Waals surface area contributed by atoms with E-state index in [1.165, 1.54) is 24.5 Å². The number of para-hydroxylation sites is 1. The minimum absolute atomic E-state index is 0.0323. The van der Waals surface area contributed by atoms with Gasteiger partial charge in [0.05, 0.1) is 17.3 Å². The van der Waals surface area contributed by atoms with E-state index in [-0.39, 0.29) is 17.9 Å². The molecule has 3 aromatic rings. The molecule has 0 atom stereocenters. The minimum Gasteiger partial charge on any atom is -0.493 e. The highest BCUT2D eigenvalue weighted by Crippen LogP contribution is 2.34. The number of nitrogens with zero attached hydrogens (tertiary/aromatic N) is 1. The van der Waals surface area contributed by atoms with Gasteiger partial charge in [-0.3, -0.25) is 4.79 Å². The summed E-state index contributed by atoms with van der Waals surface area (Å²) in [5.41, 5.74) is 2.32. The second kappa shape index (κ2) is 9.47. The van der Waals surface area contributed by atoms with Crippen molar-refractivity contribution in [2.24, 2.45) is 0 Å². The number of hydrogen-bond donors (Lipinski definition) is 1. The molecule has 2 aromatic carbocycles. The molecule has 0 aliphatic carbocycles. The number of halogens is 2. The largest absolute Gasteiger partial charge is 0.493 e. The van der Waals surface area contributed by atoms with Crippen LogP contribution in [0.4, 0.5) is 8.78 Å². The number of fused-ring (bicyclic) bond motifs is 1. The van der Waals surface area contributed by atoms with Crippen LogP contribution < -0.4 is 9.47 Å². The van der Waals surface area contributed by atoms with E-state index in [1.54, 1.807) is 12.1 Å². The third kappa shape index (κ3) is 5.51. The number of aliphatic carboxylic acids is 1. The van der Waals surface area contributed by atoms with Crippen molar-refractivity contribution in [1.82, 2.24) is 4.98 Å². The predicted octanol–water partition coefficient (Wildman–Crippen LogP) is 5.70. The van der Waals surface area contributed by atoms with Crippen LogP contribution in [-0.4, -0.2) is 29.8 Å². The molecule has 0 aliphatic rings. The van der Waals surface area contributed by atoms with E-state index in [9.17, 15) is 13.6 Å². The van der Waals surface area contributed by atoms with Crippen LogP contribution in [-0.2, 0) is 4.79 Å². The number of alkyl halides is 2. The van der Waals surface area contributed by atoms with Gasteiger partial charge in [-0.2, -0.15) is 8.78 Å². The summed E-state index contributed by atoms with van der Waals surface area (Å²) < 4.78 is 36.0. The maximum Gasteiger partial charge on any atom is 0.387 e. The van der Waals surface area contributed by atoms with Crippen molar-refractivity contribution >= 4 is 39.2 Å². The number of carboxylic acid groups (broad SMARTS) is 1. The quantitative estimate of drug-likeness (QED) is 0.482. The normalized spacial score (nSPS) is 11.8. The Morgan fingerprint density at radius 1 is 1.21 bits per heavy atom. The summed E-state index contributed by atoms with van der Waals surface area (Å²) in [5, 5.41) is 9.71. The Bertz CT molecular complexity index is 999. The lowest BCUT2D eigenvalue weighted by molar-refractivity contribution is -0.137. The number of benzene rings is 2. The third-order valence-electron chi connectivity index (χ3n) is 4.15. The molecular formula is C21H19F2NO4S. The zero-order valence-corrected chi connectivity index (χ0v) is 16.4. The van der Waals surface area contributed by atoms with Gasteiger partial charge in [0.25, 0.3) is 0 Å². The van der Waals surface area contributed by atoms with Gasteiger partial charge >= 0.3 is 12.6 Å². The minimum atomic E-state index is -2.97. The van der Waals surface area contributed by atoms with E-state index in [1.807, 2.05) is 30.3 Å². The van der Waals surface area contributed by atoms with E-state index in [2.05, 4.69) is 9.72 Å². The maximum atomic E-state index is 12.7. The Labute approximate surface area is 170 Å². The Morgan fingerprint density at radius 3 is 2.69 bits per heavy atom. The van der Waals surface area contributed by atoms with Crippen LogP contribution in [0.5, 0.6) is 11.5 Å². The van der Waals surface area contributed by atoms with Crippen molar-refractivity contribution < 1.29 is 28.2 Å². The van der Waals surface area contributed by atoms with E-state index in [4.69, 9.17) is 9.84 Å².